The number of benzene rings is 1. The zero-order valence-corrected chi connectivity index (χ0v) is 22.1. The van der Waals surface area contributed by atoms with Crippen LogP contribution in [0.1, 0.15) is 52.0 Å². The van der Waals surface area contributed by atoms with Gasteiger partial charge in [0.05, 0.1) is 17.6 Å². The molecule has 2 saturated heterocycles. The Morgan fingerprint density at radius 2 is 1.83 bits per heavy atom. The fourth-order valence-corrected chi connectivity index (χ4v) is 5.69. The Morgan fingerprint density at radius 3 is 2.53 bits per heavy atom. The lowest BCUT2D eigenvalue weighted by Crippen LogP contribution is -2.49. The fraction of sp³-hybridized carbons (Fsp3) is 0.607. The van der Waals surface area contributed by atoms with Gasteiger partial charge in [0.25, 0.3) is 0 Å². The second-order valence-corrected chi connectivity index (χ2v) is 11.2. The number of aliphatic carboxylic acids is 1. The maximum absolute atomic E-state index is 12.5. The molecule has 0 saturated carbocycles. The standard InChI is InChI=1S/C28H40N4O4/c1-20-8-9-22-7-5-12-29-25(22)26(20)31-14-6-13-30(17-18-31)23(19-24(33)34)21-10-15-32(16-11-21)27(35)36-28(2,3)4/h5,7-9,12,21,23H,6,10-11,13-19H2,1-4H3,(H,33,34). The lowest BCUT2D eigenvalue weighted by Gasteiger charge is -2.40. The summed E-state index contributed by atoms with van der Waals surface area (Å²) in [6, 6.07) is 8.32. The number of nitrogens with zero attached hydrogens (tertiary/aromatic N) is 4. The predicted octanol–water partition coefficient (Wildman–Crippen LogP) is 4.55. The summed E-state index contributed by atoms with van der Waals surface area (Å²) in [6.45, 7) is 12.4. The van der Waals surface area contributed by atoms with Crippen molar-refractivity contribution in [1.82, 2.24) is 14.8 Å². The van der Waals surface area contributed by atoms with Gasteiger partial charge in [-0.15, -0.1) is 0 Å². The molecule has 4 rings (SSSR count). The highest BCUT2D eigenvalue weighted by Crippen LogP contribution is 2.32. The first kappa shape index (κ1) is 26.2. The number of hydrogen-bond acceptors (Lipinski definition) is 6. The Balaban J connectivity index is 1.45. The Labute approximate surface area is 214 Å². The lowest BCUT2D eigenvalue weighted by atomic mass is 9.86. The van der Waals surface area contributed by atoms with Crippen molar-refractivity contribution in [1.29, 1.82) is 0 Å². The van der Waals surface area contributed by atoms with E-state index in [0.717, 1.165) is 56.3 Å². The van der Waals surface area contributed by atoms with E-state index in [4.69, 9.17) is 4.74 Å². The number of aromatic nitrogens is 1. The van der Waals surface area contributed by atoms with Gasteiger partial charge in [-0.1, -0.05) is 18.2 Å². The number of carbonyl (C=O) groups is 2. The molecule has 1 atom stereocenters. The van der Waals surface area contributed by atoms with E-state index in [0.29, 0.717) is 13.1 Å². The molecule has 2 fully saturated rings. The summed E-state index contributed by atoms with van der Waals surface area (Å²) in [4.78, 5) is 35.6. The number of carboxylic acid groups (broad SMARTS) is 1. The van der Waals surface area contributed by atoms with Crippen LogP contribution in [0.15, 0.2) is 30.5 Å². The molecule has 1 aromatic carbocycles. The smallest absolute Gasteiger partial charge is 0.410 e. The van der Waals surface area contributed by atoms with Gasteiger partial charge in [0.15, 0.2) is 0 Å². The first-order valence-electron chi connectivity index (χ1n) is 13.2. The molecule has 1 unspecified atom stereocenters. The molecule has 8 heteroatoms. The number of anilines is 1. The van der Waals surface area contributed by atoms with Gasteiger partial charge in [0.2, 0.25) is 0 Å². The fourth-order valence-electron chi connectivity index (χ4n) is 5.69. The summed E-state index contributed by atoms with van der Waals surface area (Å²) in [5, 5.41) is 10.9. The van der Waals surface area contributed by atoms with Gasteiger partial charge in [0.1, 0.15) is 5.60 Å². The average molecular weight is 497 g/mol. The van der Waals surface area contributed by atoms with Crippen LogP contribution in [-0.4, -0.2) is 82.9 Å². The van der Waals surface area contributed by atoms with Crippen molar-refractivity contribution in [2.45, 2.75) is 65.0 Å². The lowest BCUT2D eigenvalue weighted by molar-refractivity contribution is -0.139. The van der Waals surface area contributed by atoms with Crippen LogP contribution in [0.3, 0.4) is 0 Å². The van der Waals surface area contributed by atoms with Gasteiger partial charge in [-0.25, -0.2) is 4.79 Å². The number of aryl methyl sites for hydroxylation is 1. The second-order valence-electron chi connectivity index (χ2n) is 11.2. The Kier molecular flexibility index (Phi) is 8.03. The van der Waals surface area contributed by atoms with E-state index < -0.39 is 11.6 Å². The third kappa shape index (κ3) is 6.27. The molecule has 0 bridgehead atoms. The molecule has 0 aliphatic carbocycles. The van der Waals surface area contributed by atoms with E-state index in [1.807, 2.05) is 33.0 Å². The summed E-state index contributed by atoms with van der Waals surface area (Å²) in [7, 11) is 0. The van der Waals surface area contributed by atoms with Crippen LogP contribution in [0.4, 0.5) is 10.5 Å². The summed E-state index contributed by atoms with van der Waals surface area (Å²) >= 11 is 0. The van der Waals surface area contributed by atoms with Crippen LogP contribution in [-0.2, 0) is 9.53 Å². The number of amides is 1. The summed E-state index contributed by atoms with van der Waals surface area (Å²) in [5.74, 6) is -0.517. The number of hydrogen-bond donors (Lipinski definition) is 1. The van der Waals surface area contributed by atoms with Gasteiger partial charge in [0, 0.05) is 56.9 Å². The predicted molar refractivity (Wildman–Crippen MR) is 141 cm³/mol. The van der Waals surface area contributed by atoms with Crippen molar-refractivity contribution in [3.8, 4) is 0 Å². The van der Waals surface area contributed by atoms with E-state index in [9.17, 15) is 14.7 Å². The van der Waals surface area contributed by atoms with Gasteiger partial charge in [-0.2, -0.15) is 0 Å². The van der Waals surface area contributed by atoms with Crippen molar-refractivity contribution >= 4 is 28.7 Å². The van der Waals surface area contributed by atoms with Crippen LogP contribution in [0, 0.1) is 12.8 Å². The minimum absolute atomic E-state index is 0.0324. The first-order valence-corrected chi connectivity index (χ1v) is 13.2. The number of likely N-dealkylation sites (tertiary alicyclic amines) is 1. The van der Waals surface area contributed by atoms with E-state index in [1.165, 1.54) is 11.3 Å². The van der Waals surface area contributed by atoms with Crippen LogP contribution in [0.2, 0.25) is 0 Å². The number of ether oxygens (including phenoxy) is 1. The van der Waals surface area contributed by atoms with E-state index in [2.05, 4.69) is 39.9 Å². The van der Waals surface area contributed by atoms with Gasteiger partial charge in [-0.3, -0.25) is 14.7 Å². The van der Waals surface area contributed by atoms with Crippen LogP contribution in [0.25, 0.3) is 10.9 Å². The van der Waals surface area contributed by atoms with Gasteiger partial charge < -0.3 is 19.6 Å². The van der Waals surface area contributed by atoms with Crippen molar-refractivity contribution in [2.75, 3.05) is 44.2 Å². The second kappa shape index (κ2) is 11.0. The van der Waals surface area contributed by atoms with E-state index in [1.54, 1.807) is 4.90 Å². The zero-order chi connectivity index (χ0) is 25.9. The maximum atomic E-state index is 12.5. The van der Waals surface area contributed by atoms with Gasteiger partial charge in [-0.05, 0) is 64.5 Å². The van der Waals surface area contributed by atoms with Gasteiger partial charge >= 0.3 is 12.1 Å². The third-order valence-electron chi connectivity index (χ3n) is 7.38. The number of piperidine rings is 1. The number of rotatable bonds is 5. The molecule has 1 amide bonds. The maximum Gasteiger partial charge on any atom is 0.410 e. The molecular weight excluding hydrogens is 456 g/mol. The molecule has 8 nitrogen and oxygen atoms in total. The topological polar surface area (TPSA) is 86.2 Å². The summed E-state index contributed by atoms with van der Waals surface area (Å²) in [5.41, 5.74) is 2.92. The first-order chi connectivity index (χ1) is 17.1. The molecule has 2 aliphatic rings. The van der Waals surface area contributed by atoms with Crippen LogP contribution >= 0.6 is 0 Å². The summed E-state index contributed by atoms with van der Waals surface area (Å²) < 4.78 is 5.54. The minimum Gasteiger partial charge on any atom is -0.481 e. The third-order valence-corrected chi connectivity index (χ3v) is 7.38. The minimum atomic E-state index is -0.759. The molecule has 2 aliphatic heterocycles. The largest absolute Gasteiger partial charge is 0.481 e. The zero-order valence-electron chi connectivity index (χ0n) is 22.1. The Bertz CT molecular complexity index is 1070. The SMILES string of the molecule is Cc1ccc2cccnc2c1N1CCCN(C(CC(=O)O)C2CCN(C(=O)OC(C)(C)C)CC2)CC1. The van der Waals surface area contributed by atoms with Crippen molar-refractivity contribution in [3.63, 3.8) is 0 Å². The molecule has 196 valence electrons. The van der Waals surface area contributed by atoms with Crippen molar-refractivity contribution in [3.05, 3.63) is 36.0 Å². The Hall–Kier alpha value is -2.87. The van der Waals surface area contributed by atoms with E-state index in [-0.39, 0.29) is 24.5 Å². The highest BCUT2D eigenvalue weighted by Gasteiger charge is 2.35. The number of carboxylic acids is 1. The Morgan fingerprint density at radius 1 is 1.08 bits per heavy atom. The normalized spacial score (nSPS) is 19.2. The summed E-state index contributed by atoms with van der Waals surface area (Å²) in [6.07, 6.45) is 4.26. The highest BCUT2D eigenvalue weighted by atomic mass is 16.6. The average Bonchev–Trinajstić information content (AvgIpc) is 3.07. The number of carbonyl (C=O) groups excluding carboxylic acids is 1. The molecule has 2 aromatic rings. The molecule has 0 radical (unpaired) electrons. The van der Waals surface area contributed by atoms with Crippen LogP contribution < -0.4 is 4.90 Å². The van der Waals surface area contributed by atoms with Crippen molar-refractivity contribution in [2.24, 2.45) is 5.92 Å². The van der Waals surface area contributed by atoms with Crippen LogP contribution in [0.5, 0.6) is 0 Å². The molecule has 3 heterocycles. The highest BCUT2D eigenvalue weighted by molar-refractivity contribution is 5.92. The quantitative estimate of drug-likeness (QED) is 0.650. The number of pyridine rings is 1. The monoisotopic (exact) mass is 496 g/mol. The molecule has 0 spiro atoms. The number of fused-ring (bicyclic) bond motifs is 1. The van der Waals surface area contributed by atoms with E-state index >= 15 is 0 Å². The molecule has 1 N–H and O–H groups in total. The van der Waals surface area contributed by atoms with Crippen molar-refractivity contribution < 1.29 is 19.4 Å². The molecular formula is C28H40N4O4. The molecule has 36 heavy (non-hydrogen) atoms. The molecule has 1 aromatic heterocycles.